The number of carbonyl (C=O) groups is 1. The average Bonchev–Trinajstić information content (AvgIpc) is 2.60. The van der Waals surface area contributed by atoms with E-state index in [9.17, 15) is 9.90 Å². The fourth-order valence-electron chi connectivity index (χ4n) is 3.48. The summed E-state index contributed by atoms with van der Waals surface area (Å²) in [4.78, 5) is 12.4. The molecule has 0 saturated heterocycles. The van der Waals surface area contributed by atoms with Crippen molar-refractivity contribution in [3.8, 4) is 5.75 Å². The van der Waals surface area contributed by atoms with Crippen LogP contribution in [-0.2, 0) is 4.79 Å². The molecule has 2 rings (SSSR count). The summed E-state index contributed by atoms with van der Waals surface area (Å²) in [5.41, 5.74) is 1.17. The van der Waals surface area contributed by atoms with Crippen molar-refractivity contribution in [3.05, 3.63) is 29.8 Å². The van der Waals surface area contributed by atoms with Gasteiger partial charge in [-0.1, -0.05) is 31.9 Å². The van der Waals surface area contributed by atoms with Crippen LogP contribution in [0.2, 0.25) is 0 Å². The largest absolute Gasteiger partial charge is 0.497 e. The van der Waals surface area contributed by atoms with Crippen molar-refractivity contribution in [2.24, 2.45) is 5.92 Å². The molecule has 1 aliphatic carbocycles. The van der Waals surface area contributed by atoms with E-state index in [0.29, 0.717) is 6.42 Å². The minimum atomic E-state index is 0.0954. The Balaban J connectivity index is 1.93. The monoisotopic (exact) mass is 319 g/mol. The Morgan fingerprint density at radius 2 is 2.00 bits per heavy atom. The highest BCUT2D eigenvalue weighted by atomic mass is 16.5. The fraction of sp³-hybridized carbons (Fsp3) is 0.632. The Hall–Kier alpha value is -1.55. The summed E-state index contributed by atoms with van der Waals surface area (Å²) >= 11 is 0. The molecule has 1 aliphatic rings. The van der Waals surface area contributed by atoms with Crippen LogP contribution in [0.15, 0.2) is 24.3 Å². The summed E-state index contributed by atoms with van der Waals surface area (Å²) in [5.74, 6) is 1.37. The van der Waals surface area contributed by atoms with Gasteiger partial charge in [-0.25, -0.2) is 0 Å². The number of hydrogen-bond donors (Lipinski definition) is 2. The van der Waals surface area contributed by atoms with Crippen molar-refractivity contribution in [1.82, 2.24) is 5.32 Å². The van der Waals surface area contributed by atoms with E-state index in [4.69, 9.17) is 4.74 Å². The second kappa shape index (κ2) is 8.92. The van der Waals surface area contributed by atoms with Crippen LogP contribution in [0.3, 0.4) is 0 Å². The number of aliphatic hydroxyl groups excluding tert-OH is 1. The van der Waals surface area contributed by atoms with E-state index in [2.05, 4.69) is 12.2 Å². The van der Waals surface area contributed by atoms with Gasteiger partial charge < -0.3 is 15.2 Å². The molecule has 0 aromatic heterocycles. The van der Waals surface area contributed by atoms with Crippen LogP contribution in [0.5, 0.6) is 5.75 Å². The zero-order valence-electron chi connectivity index (χ0n) is 14.3. The van der Waals surface area contributed by atoms with Crippen LogP contribution >= 0.6 is 0 Å². The van der Waals surface area contributed by atoms with E-state index in [0.717, 1.165) is 37.9 Å². The van der Waals surface area contributed by atoms with Gasteiger partial charge in [0.1, 0.15) is 5.75 Å². The first-order valence-corrected chi connectivity index (χ1v) is 8.72. The summed E-state index contributed by atoms with van der Waals surface area (Å²) in [6.07, 6.45) is 5.71. The summed E-state index contributed by atoms with van der Waals surface area (Å²) in [6, 6.07) is 8.10. The lowest BCUT2D eigenvalue weighted by Crippen LogP contribution is -2.43. The van der Waals surface area contributed by atoms with Gasteiger partial charge in [0.2, 0.25) is 5.91 Å². The van der Waals surface area contributed by atoms with E-state index in [1.54, 1.807) is 7.11 Å². The Kier molecular flexibility index (Phi) is 6.90. The molecule has 4 heteroatoms. The second-order valence-electron chi connectivity index (χ2n) is 6.48. The van der Waals surface area contributed by atoms with Gasteiger partial charge in [0, 0.05) is 25.0 Å². The smallest absolute Gasteiger partial charge is 0.220 e. The van der Waals surface area contributed by atoms with E-state index < -0.39 is 0 Å². The lowest BCUT2D eigenvalue weighted by atomic mass is 9.84. The van der Waals surface area contributed by atoms with Crippen molar-refractivity contribution in [2.45, 2.75) is 57.4 Å². The van der Waals surface area contributed by atoms with Gasteiger partial charge in [-0.3, -0.25) is 4.79 Å². The molecular formula is C19H29NO3. The molecule has 4 nitrogen and oxygen atoms in total. The van der Waals surface area contributed by atoms with Crippen molar-refractivity contribution in [2.75, 3.05) is 13.7 Å². The summed E-state index contributed by atoms with van der Waals surface area (Å²) in [7, 11) is 1.65. The number of aliphatic hydroxyl groups is 1. The molecule has 23 heavy (non-hydrogen) atoms. The van der Waals surface area contributed by atoms with Crippen LogP contribution in [-0.4, -0.2) is 30.8 Å². The standard InChI is InChI=1S/C19H29NO3/c1-3-14(15-8-10-17(23-2)11-9-15)12-19(22)20-18-7-5-4-6-16(18)13-21/h8-11,14,16,18,21H,3-7,12-13H2,1-2H3,(H,20,22). The number of methoxy groups -OCH3 is 1. The van der Waals surface area contributed by atoms with Crippen molar-refractivity contribution >= 4 is 5.91 Å². The molecule has 3 unspecified atom stereocenters. The van der Waals surface area contributed by atoms with Crippen LogP contribution in [0.1, 0.15) is 56.9 Å². The number of ether oxygens (including phenoxy) is 1. The Morgan fingerprint density at radius 3 is 2.61 bits per heavy atom. The molecular weight excluding hydrogens is 290 g/mol. The molecule has 1 amide bonds. The van der Waals surface area contributed by atoms with Crippen LogP contribution < -0.4 is 10.1 Å². The van der Waals surface area contributed by atoms with Crippen molar-refractivity contribution in [3.63, 3.8) is 0 Å². The van der Waals surface area contributed by atoms with Crippen molar-refractivity contribution in [1.29, 1.82) is 0 Å². The van der Waals surface area contributed by atoms with Gasteiger partial charge in [0.25, 0.3) is 0 Å². The van der Waals surface area contributed by atoms with Crippen LogP contribution in [0.4, 0.5) is 0 Å². The average molecular weight is 319 g/mol. The second-order valence-corrected chi connectivity index (χ2v) is 6.48. The molecule has 1 aromatic rings. The Morgan fingerprint density at radius 1 is 1.30 bits per heavy atom. The van der Waals surface area contributed by atoms with Crippen LogP contribution in [0, 0.1) is 5.92 Å². The molecule has 0 bridgehead atoms. The number of hydrogen-bond acceptors (Lipinski definition) is 3. The Labute approximate surface area is 139 Å². The third kappa shape index (κ3) is 4.96. The molecule has 3 atom stereocenters. The van der Waals surface area contributed by atoms with Crippen LogP contribution in [0.25, 0.3) is 0 Å². The highest BCUT2D eigenvalue weighted by molar-refractivity contribution is 5.77. The Bertz CT molecular complexity index is 486. The third-order valence-corrected chi connectivity index (χ3v) is 5.00. The first kappa shape index (κ1) is 17.8. The van der Waals surface area contributed by atoms with E-state index in [1.165, 1.54) is 5.56 Å². The number of carbonyl (C=O) groups excluding carboxylic acids is 1. The minimum absolute atomic E-state index is 0.0954. The molecule has 1 saturated carbocycles. The highest BCUT2D eigenvalue weighted by Gasteiger charge is 2.26. The molecule has 1 fully saturated rings. The van der Waals surface area contributed by atoms with Crippen molar-refractivity contribution < 1.29 is 14.6 Å². The number of amides is 1. The number of benzene rings is 1. The first-order chi connectivity index (χ1) is 11.2. The maximum Gasteiger partial charge on any atom is 0.220 e. The van der Waals surface area contributed by atoms with Gasteiger partial charge >= 0.3 is 0 Å². The summed E-state index contributed by atoms with van der Waals surface area (Å²) in [5, 5.41) is 12.6. The molecule has 0 heterocycles. The van der Waals surface area contributed by atoms with Gasteiger partial charge in [0.05, 0.1) is 7.11 Å². The maximum absolute atomic E-state index is 12.4. The zero-order chi connectivity index (χ0) is 16.7. The van der Waals surface area contributed by atoms with Gasteiger partial charge in [-0.2, -0.15) is 0 Å². The predicted octanol–water partition coefficient (Wildman–Crippen LogP) is 3.25. The molecule has 0 radical (unpaired) electrons. The van der Waals surface area contributed by atoms with E-state index in [-0.39, 0.29) is 30.4 Å². The number of nitrogens with one attached hydrogen (secondary N) is 1. The topological polar surface area (TPSA) is 58.6 Å². The van der Waals surface area contributed by atoms with Gasteiger partial charge in [-0.05, 0) is 42.9 Å². The highest BCUT2D eigenvalue weighted by Crippen LogP contribution is 2.27. The molecule has 1 aromatic carbocycles. The molecule has 2 N–H and O–H groups in total. The first-order valence-electron chi connectivity index (χ1n) is 8.72. The SMILES string of the molecule is CCC(CC(=O)NC1CCCCC1CO)c1ccc(OC)cc1. The lowest BCUT2D eigenvalue weighted by Gasteiger charge is -2.31. The molecule has 0 aliphatic heterocycles. The number of rotatable bonds is 7. The quantitative estimate of drug-likeness (QED) is 0.811. The predicted molar refractivity (Wildman–Crippen MR) is 91.6 cm³/mol. The molecule has 128 valence electrons. The third-order valence-electron chi connectivity index (χ3n) is 5.00. The summed E-state index contributed by atoms with van der Waals surface area (Å²) < 4.78 is 5.19. The minimum Gasteiger partial charge on any atom is -0.497 e. The molecule has 0 spiro atoms. The zero-order valence-corrected chi connectivity index (χ0v) is 14.3. The normalized spacial score (nSPS) is 22.4. The fourth-order valence-corrected chi connectivity index (χ4v) is 3.48. The van der Waals surface area contributed by atoms with Gasteiger partial charge in [-0.15, -0.1) is 0 Å². The lowest BCUT2D eigenvalue weighted by molar-refractivity contribution is -0.123. The van der Waals surface area contributed by atoms with E-state index >= 15 is 0 Å². The van der Waals surface area contributed by atoms with Gasteiger partial charge in [0.15, 0.2) is 0 Å². The summed E-state index contributed by atoms with van der Waals surface area (Å²) in [6.45, 7) is 2.28. The maximum atomic E-state index is 12.4. The van der Waals surface area contributed by atoms with E-state index in [1.807, 2.05) is 24.3 Å².